The molecule has 1 N–H and O–H groups in total. The van der Waals surface area contributed by atoms with Gasteiger partial charge in [-0.05, 0) is 11.1 Å². The van der Waals surface area contributed by atoms with Gasteiger partial charge in [-0.1, -0.05) is 60.7 Å². The van der Waals surface area contributed by atoms with E-state index in [9.17, 15) is 0 Å². The van der Waals surface area contributed by atoms with E-state index in [0.717, 1.165) is 19.6 Å². The smallest absolute Gasteiger partial charge is 0.0659 e. The van der Waals surface area contributed by atoms with Crippen LogP contribution in [0.3, 0.4) is 0 Å². The molecule has 2 aromatic carbocycles. The van der Waals surface area contributed by atoms with Gasteiger partial charge >= 0.3 is 0 Å². The monoisotopic (exact) mass is 277 g/mol. The maximum absolute atomic E-state index is 4.41. The van der Waals surface area contributed by atoms with Gasteiger partial charge in [0.25, 0.3) is 0 Å². The molecule has 0 atom stereocenters. The summed E-state index contributed by atoms with van der Waals surface area (Å²) in [4.78, 5) is 0. The Morgan fingerprint density at radius 2 is 1.38 bits per heavy atom. The molecular weight excluding hydrogens is 258 g/mol. The third-order valence-corrected chi connectivity index (χ3v) is 3.38. The summed E-state index contributed by atoms with van der Waals surface area (Å²) in [6, 6.07) is 20.8. The van der Waals surface area contributed by atoms with Gasteiger partial charge in [0.2, 0.25) is 0 Å². The van der Waals surface area contributed by atoms with Gasteiger partial charge in [-0.15, -0.1) is 0 Å². The maximum Gasteiger partial charge on any atom is 0.0659 e. The van der Waals surface area contributed by atoms with Gasteiger partial charge in [-0.3, -0.25) is 4.68 Å². The van der Waals surface area contributed by atoms with Crippen LogP contribution in [0, 0.1) is 0 Å². The van der Waals surface area contributed by atoms with Crippen molar-refractivity contribution >= 4 is 0 Å². The summed E-state index contributed by atoms with van der Waals surface area (Å²) >= 11 is 0. The van der Waals surface area contributed by atoms with E-state index in [2.05, 4.69) is 65.1 Å². The van der Waals surface area contributed by atoms with Crippen LogP contribution in [0.25, 0.3) is 0 Å². The molecule has 0 saturated carbocycles. The maximum atomic E-state index is 4.41. The summed E-state index contributed by atoms with van der Waals surface area (Å²) in [5.74, 6) is 0. The first-order chi connectivity index (χ1) is 10.4. The predicted molar refractivity (Wildman–Crippen MR) is 84.8 cm³/mol. The van der Waals surface area contributed by atoms with Crippen molar-refractivity contribution in [3.8, 4) is 0 Å². The molecule has 1 heterocycles. The minimum absolute atomic E-state index is 0.819. The number of rotatable bonds is 6. The van der Waals surface area contributed by atoms with E-state index in [-0.39, 0.29) is 0 Å². The highest BCUT2D eigenvalue weighted by Crippen LogP contribution is 2.04. The average Bonchev–Trinajstić information content (AvgIpc) is 2.97. The van der Waals surface area contributed by atoms with Crippen molar-refractivity contribution in [1.82, 2.24) is 15.1 Å². The lowest BCUT2D eigenvalue weighted by molar-refractivity contribution is 0.677. The number of hydrogen-bond acceptors (Lipinski definition) is 2. The Morgan fingerprint density at radius 1 is 0.762 bits per heavy atom. The number of hydrogen-bond donors (Lipinski definition) is 1. The summed E-state index contributed by atoms with van der Waals surface area (Å²) in [7, 11) is 0. The van der Waals surface area contributed by atoms with Crippen molar-refractivity contribution in [2.45, 2.75) is 19.6 Å². The molecule has 0 unspecified atom stereocenters. The minimum Gasteiger partial charge on any atom is -0.309 e. The molecule has 3 aromatic rings. The molecule has 21 heavy (non-hydrogen) atoms. The van der Waals surface area contributed by atoms with Crippen molar-refractivity contribution in [1.29, 1.82) is 0 Å². The molecule has 106 valence electrons. The second-order valence-corrected chi connectivity index (χ2v) is 5.12. The minimum atomic E-state index is 0.819. The van der Waals surface area contributed by atoms with Crippen LogP contribution in [-0.2, 0) is 19.6 Å². The highest BCUT2D eigenvalue weighted by Gasteiger charge is 2.00. The van der Waals surface area contributed by atoms with Crippen LogP contribution in [-0.4, -0.2) is 9.78 Å². The van der Waals surface area contributed by atoms with Crippen LogP contribution in [0.4, 0.5) is 0 Å². The Hall–Kier alpha value is -2.39. The molecule has 3 nitrogen and oxygen atoms in total. The van der Waals surface area contributed by atoms with Gasteiger partial charge in [-0.25, -0.2) is 0 Å². The van der Waals surface area contributed by atoms with Crippen LogP contribution >= 0.6 is 0 Å². The molecule has 1 aromatic heterocycles. The predicted octanol–water partition coefficient (Wildman–Crippen LogP) is 3.22. The van der Waals surface area contributed by atoms with Crippen molar-refractivity contribution < 1.29 is 0 Å². The molecule has 0 aliphatic heterocycles. The van der Waals surface area contributed by atoms with Gasteiger partial charge in [0.1, 0.15) is 0 Å². The first kappa shape index (κ1) is 13.6. The molecular formula is C18H19N3. The second-order valence-electron chi connectivity index (χ2n) is 5.12. The van der Waals surface area contributed by atoms with Crippen molar-refractivity contribution in [3.63, 3.8) is 0 Å². The molecule has 0 spiro atoms. The van der Waals surface area contributed by atoms with Gasteiger partial charge in [0, 0.05) is 24.8 Å². The Kier molecular flexibility index (Phi) is 4.44. The van der Waals surface area contributed by atoms with E-state index in [4.69, 9.17) is 0 Å². The van der Waals surface area contributed by atoms with Crippen molar-refractivity contribution in [2.75, 3.05) is 0 Å². The van der Waals surface area contributed by atoms with Gasteiger partial charge in [0.15, 0.2) is 0 Å². The van der Waals surface area contributed by atoms with Crippen molar-refractivity contribution in [3.05, 3.63) is 89.7 Å². The molecule has 0 aliphatic carbocycles. The second kappa shape index (κ2) is 6.86. The molecule has 0 fully saturated rings. The summed E-state index contributed by atoms with van der Waals surface area (Å²) in [6.07, 6.45) is 4.03. The quantitative estimate of drug-likeness (QED) is 0.749. The summed E-state index contributed by atoms with van der Waals surface area (Å²) in [5, 5.41) is 7.86. The molecule has 0 aliphatic rings. The number of nitrogens with one attached hydrogen (secondary N) is 1. The first-order valence-electron chi connectivity index (χ1n) is 7.20. The van der Waals surface area contributed by atoms with E-state index >= 15 is 0 Å². The SMILES string of the molecule is c1ccc(CNCc2cnn(Cc3ccccc3)c2)cc1. The van der Waals surface area contributed by atoms with Gasteiger partial charge in [0.05, 0.1) is 12.7 Å². The third kappa shape index (κ3) is 4.04. The molecule has 0 bridgehead atoms. The lowest BCUT2D eigenvalue weighted by Crippen LogP contribution is -2.12. The lowest BCUT2D eigenvalue weighted by Gasteiger charge is -2.03. The van der Waals surface area contributed by atoms with E-state index in [1.165, 1.54) is 16.7 Å². The number of nitrogens with zero attached hydrogens (tertiary/aromatic N) is 2. The van der Waals surface area contributed by atoms with Crippen LogP contribution < -0.4 is 5.32 Å². The molecule has 3 rings (SSSR count). The highest BCUT2D eigenvalue weighted by molar-refractivity contribution is 5.16. The zero-order chi connectivity index (χ0) is 14.3. The number of benzene rings is 2. The van der Waals surface area contributed by atoms with E-state index in [0.29, 0.717) is 0 Å². The molecule has 0 radical (unpaired) electrons. The normalized spacial score (nSPS) is 10.7. The highest BCUT2D eigenvalue weighted by atomic mass is 15.3. The topological polar surface area (TPSA) is 29.9 Å². The van der Waals surface area contributed by atoms with E-state index in [1.54, 1.807) is 0 Å². The number of aromatic nitrogens is 2. The Labute approximate surface area is 125 Å². The Bertz CT molecular complexity index is 659. The summed E-state index contributed by atoms with van der Waals surface area (Å²) < 4.78 is 1.98. The van der Waals surface area contributed by atoms with Gasteiger partial charge in [-0.2, -0.15) is 5.10 Å². The lowest BCUT2D eigenvalue weighted by atomic mass is 10.2. The van der Waals surface area contributed by atoms with E-state index in [1.807, 2.05) is 23.0 Å². The largest absolute Gasteiger partial charge is 0.309 e. The standard InChI is InChI=1S/C18H19N3/c1-3-7-16(8-4-1)11-19-12-18-13-20-21(15-18)14-17-9-5-2-6-10-17/h1-10,13,15,19H,11-12,14H2. The molecule has 0 amide bonds. The van der Waals surface area contributed by atoms with E-state index < -0.39 is 0 Å². The summed E-state index contributed by atoms with van der Waals surface area (Å²) in [5.41, 5.74) is 3.78. The fraction of sp³-hybridized carbons (Fsp3) is 0.167. The average molecular weight is 277 g/mol. The summed E-state index contributed by atoms with van der Waals surface area (Å²) in [6.45, 7) is 2.54. The fourth-order valence-electron chi connectivity index (χ4n) is 2.30. The zero-order valence-corrected chi connectivity index (χ0v) is 11.9. The zero-order valence-electron chi connectivity index (χ0n) is 11.9. The Balaban J connectivity index is 1.51. The third-order valence-electron chi connectivity index (χ3n) is 3.38. The van der Waals surface area contributed by atoms with Crippen molar-refractivity contribution in [2.24, 2.45) is 0 Å². The molecule has 0 saturated heterocycles. The fourth-order valence-corrected chi connectivity index (χ4v) is 2.30. The van der Waals surface area contributed by atoms with Crippen LogP contribution in [0.5, 0.6) is 0 Å². The molecule has 3 heteroatoms. The first-order valence-corrected chi connectivity index (χ1v) is 7.20. The van der Waals surface area contributed by atoms with Gasteiger partial charge < -0.3 is 5.32 Å². The van der Waals surface area contributed by atoms with Crippen LogP contribution in [0.1, 0.15) is 16.7 Å². The van der Waals surface area contributed by atoms with Crippen LogP contribution in [0.15, 0.2) is 73.1 Å². The Morgan fingerprint density at radius 3 is 2.10 bits per heavy atom. The van der Waals surface area contributed by atoms with Crippen LogP contribution in [0.2, 0.25) is 0 Å².